The van der Waals surface area contributed by atoms with Gasteiger partial charge in [0.2, 0.25) is 11.5 Å². The number of carbonyl (C=O) groups excluding carboxylic acids is 4. The molecule has 0 bridgehead atoms. The highest BCUT2D eigenvalue weighted by atomic mass is 32.2. The van der Waals surface area contributed by atoms with Crippen molar-refractivity contribution in [1.82, 2.24) is 29.7 Å². The number of hydrogen-bond donors (Lipinski definition) is 3. The highest BCUT2D eigenvalue weighted by Crippen LogP contribution is 2.35. The van der Waals surface area contributed by atoms with Crippen LogP contribution in [0.5, 0.6) is 17.4 Å². The summed E-state index contributed by atoms with van der Waals surface area (Å²) < 4.78 is 104. The Bertz CT molecular complexity index is 2410. The molecule has 66 heavy (non-hydrogen) atoms. The number of carbonyl (C=O) groups is 4. The number of nitrogens with one attached hydrogen (secondary N) is 1. The fraction of sp³-hybridized carbons (Fsp3) is 0.676. The Morgan fingerprint density at radius 3 is 1.61 bits per heavy atom. The molecule has 0 aliphatic carbocycles. The number of aliphatic hydroxyl groups excluding tert-OH is 1. The van der Waals surface area contributed by atoms with Crippen LogP contribution < -0.4 is 13.9 Å². The van der Waals surface area contributed by atoms with Crippen LogP contribution in [0.3, 0.4) is 0 Å². The fourth-order valence-corrected chi connectivity index (χ4v) is 6.44. The van der Waals surface area contributed by atoms with Crippen molar-refractivity contribution in [2.75, 3.05) is 60.3 Å². The summed E-state index contributed by atoms with van der Waals surface area (Å²) >= 11 is 0. The molecule has 29 heteroatoms. The first kappa shape index (κ1) is 58.6. The fourth-order valence-electron chi connectivity index (χ4n) is 5.17. The Labute approximate surface area is 383 Å². The van der Waals surface area contributed by atoms with Crippen LogP contribution in [0.2, 0.25) is 0 Å². The van der Waals surface area contributed by atoms with Crippen LogP contribution in [0.4, 0.5) is 9.59 Å². The number of aromatic hydroxyl groups is 1. The second kappa shape index (κ2) is 24.4. The molecule has 2 heterocycles. The first-order valence-electron chi connectivity index (χ1n) is 19.6. The molecule has 0 radical (unpaired) electrons. The summed E-state index contributed by atoms with van der Waals surface area (Å²) in [6.45, 7) is 9.82. The molecule has 0 saturated heterocycles. The van der Waals surface area contributed by atoms with Gasteiger partial charge < -0.3 is 52.3 Å². The monoisotopic (exact) mass is 1000 g/mol. The zero-order valence-electron chi connectivity index (χ0n) is 39.0. The minimum Gasteiger partial charge on any atom is -0.501 e. The maximum absolute atomic E-state index is 12.9. The van der Waals surface area contributed by atoms with Gasteiger partial charge in [-0.1, -0.05) is 0 Å². The molecule has 2 amide bonds. The van der Waals surface area contributed by atoms with Crippen LogP contribution >= 0.6 is 0 Å². The molecule has 0 aromatic carbocycles. The number of unbranched alkanes of at least 4 members (excludes halogenated alkanes) is 2. The molecule has 0 saturated carbocycles. The van der Waals surface area contributed by atoms with Gasteiger partial charge in [-0.3, -0.25) is 8.98 Å². The number of ether oxygens (including phenoxy) is 4. The van der Waals surface area contributed by atoms with E-state index in [0.29, 0.717) is 31.8 Å². The Morgan fingerprint density at radius 2 is 1.15 bits per heavy atom. The second-order valence-electron chi connectivity index (χ2n) is 16.2. The summed E-state index contributed by atoms with van der Waals surface area (Å²) in [4.78, 5) is 78.3. The van der Waals surface area contributed by atoms with Crippen LogP contribution in [0.15, 0.2) is 4.79 Å². The molecule has 2 unspecified atom stereocenters. The van der Waals surface area contributed by atoms with Crippen LogP contribution in [0.25, 0.3) is 0 Å². The molecule has 0 aliphatic heterocycles. The number of aliphatic hydroxyl groups is 1. The molecule has 0 aliphatic rings. The Balaban J connectivity index is 0.000000705. The van der Waals surface area contributed by atoms with Crippen LogP contribution in [0.1, 0.15) is 125 Å². The van der Waals surface area contributed by atoms with Gasteiger partial charge in [-0.25, -0.2) is 29.1 Å². The number of hydrogen-bond acceptors (Lipinski definition) is 23. The van der Waals surface area contributed by atoms with Crippen molar-refractivity contribution in [2.45, 2.75) is 103 Å². The summed E-state index contributed by atoms with van der Waals surface area (Å²) in [6.07, 6.45) is 2.48. The number of H-pyrrole nitrogens is 1. The van der Waals surface area contributed by atoms with Crippen molar-refractivity contribution in [3.05, 3.63) is 33.4 Å². The van der Waals surface area contributed by atoms with E-state index in [1.807, 2.05) is 0 Å². The van der Waals surface area contributed by atoms with Crippen LogP contribution in [-0.4, -0.2) is 161 Å². The highest BCUT2D eigenvalue weighted by molar-refractivity contribution is 7.86. The predicted molar refractivity (Wildman–Crippen MR) is 231 cm³/mol. The number of nitrogens with zero attached hydrogens (tertiary/aromatic N) is 5. The lowest BCUT2D eigenvalue weighted by Crippen LogP contribution is -2.38. The summed E-state index contributed by atoms with van der Waals surface area (Å²) in [6, 6.07) is -1.86. The number of methoxy groups -OCH3 is 2. The third-order valence-corrected chi connectivity index (χ3v) is 9.48. The first-order valence-corrected chi connectivity index (χ1v) is 25.1. The van der Waals surface area contributed by atoms with Crippen molar-refractivity contribution < 1.29 is 86.1 Å². The van der Waals surface area contributed by atoms with Gasteiger partial charge in [-0.2, -0.15) is 30.2 Å². The molecule has 2 rings (SSSR count). The number of aromatic amines is 1. The molecule has 2 aromatic heterocycles. The Hall–Kier alpha value is -5.39. The largest absolute Gasteiger partial charge is 0.501 e. The molecule has 0 spiro atoms. The van der Waals surface area contributed by atoms with E-state index in [-0.39, 0.29) is 44.1 Å². The van der Waals surface area contributed by atoms with Gasteiger partial charge in [0.1, 0.15) is 17.0 Å². The van der Waals surface area contributed by atoms with E-state index in [4.69, 9.17) is 27.1 Å². The average molecular weight is 1010 g/mol. The molecule has 2 aromatic rings. The van der Waals surface area contributed by atoms with Crippen molar-refractivity contribution in [3.63, 3.8) is 0 Å². The zero-order valence-corrected chi connectivity index (χ0v) is 41.5. The zero-order chi connectivity index (χ0) is 51.2. The Kier molecular flexibility index (Phi) is 21.7. The van der Waals surface area contributed by atoms with E-state index in [0.717, 1.165) is 25.4 Å². The third-order valence-electron chi connectivity index (χ3n) is 7.95. The van der Waals surface area contributed by atoms with Crippen molar-refractivity contribution in [2.24, 2.45) is 0 Å². The SMILES string of the molecule is COC(=O)c1nc(C(CCCCO)N(C)C(=O)OC(C)(C)C)[nH]c(=O)c1O.COC(=O)c1nc(C(CCCCOS(C)(=O)=O)N(C)C(=O)OC(C)(C)C)nc(OS(C)(=O)=O)c1OS(C)(=O)=O. The van der Waals surface area contributed by atoms with Gasteiger partial charge in [-0.15, -0.1) is 0 Å². The minimum atomic E-state index is -4.35. The molecular formula is C37H60N6O20S3. The summed E-state index contributed by atoms with van der Waals surface area (Å²) in [5, 5.41) is 18.8. The molecule has 376 valence electrons. The highest BCUT2D eigenvalue weighted by Gasteiger charge is 2.35. The molecule has 2 atom stereocenters. The average Bonchev–Trinajstić information content (AvgIpc) is 3.16. The second-order valence-corrected chi connectivity index (χ2v) is 21.0. The smallest absolute Gasteiger partial charge is 0.410 e. The number of aromatic nitrogens is 4. The normalized spacial score (nSPS) is 12.9. The van der Waals surface area contributed by atoms with E-state index >= 15 is 0 Å². The van der Waals surface area contributed by atoms with Gasteiger partial charge in [0.15, 0.2) is 17.2 Å². The number of amides is 2. The molecular weight excluding hydrogens is 945 g/mol. The lowest BCUT2D eigenvalue weighted by Gasteiger charge is -2.30. The Morgan fingerprint density at radius 1 is 0.682 bits per heavy atom. The van der Waals surface area contributed by atoms with E-state index in [2.05, 4.69) is 29.4 Å². The summed E-state index contributed by atoms with van der Waals surface area (Å²) in [7, 11) is -7.52. The number of esters is 2. The molecule has 3 N–H and O–H groups in total. The quantitative estimate of drug-likeness (QED) is 0.0741. The van der Waals surface area contributed by atoms with E-state index < -0.39 is 112 Å². The number of rotatable bonds is 20. The predicted octanol–water partition coefficient (Wildman–Crippen LogP) is 2.33. The molecule has 0 fully saturated rings. The summed E-state index contributed by atoms with van der Waals surface area (Å²) in [5.74, 6) is -5.31. The van der Waals surface area contributed by atoms with Crippen molar-refractivity contribution >= 4 is 54.5 Å². The van der Waals surface area contributed by atoms with E-state index in [1.165, 1.54) is 19.0 Å². The van der Waals surface area contributed by atoms with Gasteiger partial charge >= 0.3 is 44.4 Å². The van der Waals surface area contributed by atoms with Crippen molar-refractivity contribution in [1.29, 1.82) is 0 Å². The lowest BCUT2D eigenvalue weighted by molar-refractivity contribution is 0.0190. The minimum absolute atomic E-state index is 0.00417. The van der Waals surface area contributed by atoms with Gasteiger partial charge in [0.05, 0.1) is 51.7 Å². The van der Waals surface area contributed by atoms with Gasteiger partial charge in [0.25, 0.3) is 21.6 Å². The van der Waals surface area contributed by atoms with Gasteiger partial charge in [-0.05, 0) is 80.1 Å². The topological polar surface area (TPSA) is 354 Å². The standard InChI is InChI=1S/C20H33N3O13S3.C17H27N3O7/c1-20(2,3)34-19(25)23(4)13(11-9-10-12-33-37(6,26)27)16-21-14(18(24)32-5)15(35-38(7,28)29)17(22-16)36-39(8,30)31;1-17(2,3)27-16(25)20(4)10(8-6-7-9-21)13-18-11(15(24)26-5)12(22)14(23)19-13/h13H,9-12H2,1-8H3;10,21-22H,6-9H2,1-5H3,(H,18,19,23). The van der Waals surface area contributed by atoms with Crippen LogP contribution in [0, 0.1) is 0 Å². The maximum Gasteiger partial charge on any atom is 0.410 e. The van der Waals surface area contributed by atoms with E-state index in [9.17, 15) is 54.3 Å². The molecule has 26 nitrogen and oxygen atoms in total. The summed E-state index contributed by atoms with van der Waals surface area (Å²) in [5.41, 5.74) is -3.90. The third kappa shape index (κ3) is 20.8. The van der Waals surface area contributed by atoms with E-state index in [1.54, 1.807) is 41.5 Å². The van der Waals surface area contributed by atoms with Crippen LogP contribution in [-0.2, 0) is 53.5 Å². The lowest BCUT2D eigenvalue weighted by atomic mass is 10.1. The van der Waals surface area contributed by atoms with Gasteiger partial charge in [0, 0.05) is 20.7 Å². The van der Waals surface area contributed by atoms with Crippen molar-refractivity contribution in [3.8, 4) is 17.4 Å². The maximum atomic E-state index is 12.9. The first-order chi connectivity index (χ1) is 30.0.